The van der Waals surface area contributed by atoms with E-state index in [-0.39, 0.29) is 18.4 Å². The van der Waals surface area contributed by atoms with Crippen molar-refractivity contribution in [3.8, 4) is 5.75 Å². The molecule has 0 bridgehead atoms. The second kappa shape index (κ2) is 7.99. The molecule has 0 saturated carbocycles. The lowest BCUT2D eigenvalue weighted by Gasteiger charge is -2.20. The number of nitrogens with zero attached hydrogens (tertiary/aromatic N) is 4. The molecule has 8 heteroatoms. The van der Waals surface area contributed by atoms with E-state index in [2.05, 4.69) is 15.5 Å². The zero-order chi connectivity index (χ0) is 18.5. The molecule has 0 aliphatic carbocycles. The van der Waals surface area contributed by atoms with Crippen LogP contribution in [0.5, 0.6) is 5.75 Å². The number of carbonyl (C=O) groups is 2. The molecule has 2 heterocycles. The Bertz CT molecular complexity index is 802. The summed E-state index contributed by atoms with van der Waals surface area (Å²) in [6, 6.07) is 7.64. The number of benzene rings is 1. The Morgan fingerprint density at radius 1 is 1.19 bits per heavy atom. The molecule has 0 atom stereocenters. The summed E-state index contributed by atoms with van der Waals surface area (Å²) in [5, 5.41) is 11.1. The van der Waals surface area contributed by atoms with E-state index in [1.165, 1.54) is 6.92 Å². The maximum atomic E-state index is 12.5. The van der Waals surface area contributed by atoms with Crippen LogP contribution < -0.4 is 10.1 Å². The first-order chi connectivity index (χ1) is 12.5. The predicted molar refractivity (Wildman–Crippen MR) is 94.5 cm³/mol. The van der Waals surface area contributed by atoms with Crippen LogP contribution in [0.3, 0.4) is 0 Å². The summed E-state index contributed by atoms with van der Waals surface area (Å²) in [5.74, 6) is 2.11. The SMILES string of the molecule is CC(=O)NCc1nnc2n1CCN(C(=O)COc1ccccc1C)CC2. The number of aryl methyl sites for hydroxylation is 1. The summed E-state index contributed by atoms with van der Waals surface area (Å²) < 4.78 is 7.64. The highest BCUT2D eigenvalue weighted by atomic mass is 16.5. The molecular weight excluding hydrogens is 334 g/mol. The summed E-state index contributed by atoms with van der Waals surface area (Å²) in [5.41, 5.74) is 1.00. The first kappa shape index (κ1) is 17.9. The molecule has 1 aliphatic rings. The van der Waals surface area contributed by atoms with E-state index in [1.54, 1.807) is 4.90 Å². The number of hydrogen-bond donors (Lipinski definition) is 1. The number of ether oxygens (including phenoxy) is 1. The molecule has 8 nitrogen and oxygen atoms in total. The maximum absolute atomic E-state index is 12.5. The molecule has 0 radical (unpaired) electrons. The average molecular weight is 357 g/mol. The van der Waals surface area contributed by atoms with Crippen molar-refractivity contribution in [3.05, 3.63) is 41.5 Å². The van der Waals surface area contributed by atoms with Gasteiger partial charge in [0.2, 0.25) is 5.91 Å². The van der Waals surface area contributed by atoms with Gasteiger partial charge in [0.25, 0.3) is 5.91 Å². The third kappa shape index (κ3) is 4.19. The minimum absolute atomic E-state index is 0.0180. The smallest absolute Gasteiger partial charge is 0.260 e. The molecular formula is C18H23N5O3. The van der Waals surface area contributed by atoms with Crippen molar-refractivity contribution >= 4 is 11.8 Å². The molecule has 0 unspecified atom stereocenters. The van der Waals surface area contributed by atoms with Crippen molar-refractivity contribution < 1.29 is 14.3 Å². The molecule has 0 spiro atoms. The van der Waals surface area contributed by atoms with Gasteiger partial charge < -0.3 is 19.5 Å². The second-order valence-electron chi connectivity index (χ2n) is 6.28. The monoisotopic (exact) mass is 357 g/mol. The molecule has 1 aromatic carbocycles. The van der Waals surface area contributed by atoms with Crippen LogP contribution in [0.1, 0.15) is 24.1 Å². The Morgan fingerprint density at radius 3 is 2.77 bits per heavy atom. The lowest BCUT2D eigenvalue weighted by molar-refractivity contribution is -0.133. The Kier molecular flexibility index (Phi) is 5.50. The van der Waals surface area contributed by atoms with E-state index in [1.807, 2.05) is 35.8 Å². The van der Waals surface area contributed by atoms with E-state index < -0.39 is 0 Å². The standard InChI is InChI=1S/C18H23N5O3/c1-13-5-3-4-6-15(13)26-12-18(25)22-8-7-16-20-21-17(11-19-14(2)24)23(16)10-9-22/h3-6H,7-12H2,1-2H3,(H,19,24). The van der Waals surface area contributed by atoms with Crippen LogP contribution >= 0.6 is 0 Å². The predicted octanol–water partition coefficient (Wildman–Crippen LogP) is 0.686. The highest BCUT2D eigenvalue weighted by molar-refractivity contribution is 5.77. The Hall–Kier alpha value is -2.90. The van der Waals surface area contributed by atoms with Crippen molar-refractivity contribution in [2.45, 2.75) is 33.4 Å². The Balaban J connectivity index is 1.57. The van der Waals surface area contributed by atoms with Crippen molar-refractivity contribution in [2.75, 3.05) is 19.7 Å². The summed E-state index contributed by atoms with van der Waals surface area (Å²) in [6.07, 6.45) is 0.628. The van der Waals surface area contributed by atoms with Crippen LogP contribution in [0.25, 0.3) is 0 Å². The number of para-hydroxylation sites is 1. The zero-order valence-corrected chi connectivity index (χ0v) is 15.1. The molecule has 3 rings (SSSR count). The average Bonchev–Trinajstić information content (AvgIpc) is 2.88. The molecule has 26 heavy (non-hydrogen) atoms. The van der Waals surface area contributed by atoms with Gasteiger partial charge in [0.1, 0.15) is 11.6 Å². The van der Waals surface area contributed by atoms with Gasteiger partial charge in [-0.3, -0.25) is 9.59 Å². The van der Waals surface area contributed by atoms with Gasteiger partial charge in [-0.2, -0.15) is 0 Å². The first-order valence-corrected chi connectivity index (χ1v) is 8.66. The van der Waals surface area contributed by atoms with Gasteiger partial charge in [-0.15, -0.1) is 10.2 Å². The highest BCUT2D eigenvalue weighted by Gasteiger charge is 2.22. The van der Waals surface area contributed by atoms with Gasteiger partial charge >= 0.3 is 0 Å². The van der Waals surface area contributed by atoms with Gasteiger partial charge in [0.05, 0.1) is 6.54 Å². The quantitative estimate of drug-likeness (QED) is 0.850. The molecule has 1 aromatic heterocycles. The second-order valence-corrected chi connectivity index (χ2v) is 6.28. The fourth-order valence-corrected chi connectivity index (χ4v) is 2.92. The summed E-state index contributed by atoms with van der Waals surface area (Å²) in [4.78, 5) is 25.4. The third-order valence-electron chi connectivity index (χ3n) is 4.40. The normalized spacial score (nSPS) is 13.7. The zero-order valence-electron chi connectivity index (χ0n) is 15.1. The van der Waals surface area contributed by atoms with E-state index in [4.69, 9.17) is 4.74 Å². The molecule has 1 N–H and O–H groups in total. The van der Waals surface area contributed by atoms with E-state index >= 15 is 0 Å². The van der Waals surface area contributed by atoms with Crippen LogP contribution in [-0.4, -0.2) is 51.2 Å². The van der Waals surface area contributed by atoms with Crippen molar-refractivity contribution in [1.82, 2.24) is 25.0 Å². The van der Waals surface area contributed by atoms with Gasteiger partial charge in [-0.05, 0) is 18.6 Å². The summed E-state index contributed by atoms with van der Waals surface area (Å²) >= 11 is 0. The van der Waals surface area contributed by atoms with Crippen LogP contribution in [0, 0.1) is 6.92 Å². The van der Waals surface area contributed by atoms with E-state index in [0.717, 1.165) is 17.1 Å². The first-order valence-electron chi connectivity index (χ1n) is 8.66. The van der Waals surface area contributed by atoms with Crippen LogP contribution in [-0.2, 0) is 29.1 Å². The number of nitrogens with one attached hydrogen (secondary N) is 1. The summed E-state index contributed by atoms with van der Waals surface area (Å²) in [7, 11) is 0. The van der Waals surface area contributed by atoms with Crippen molar-refractivity contribution in [1.29, 1.82) is 0 Å². The minimum atomic E-state index is -0.110. The topological polar surface area (TPSA) is 89.4 Å². The van der Waals surface area contributed by atoms with Gasteiger partial charge in [-0.1, -0.05) is 18.2 Å². The molecule has 2 amide bonds. The van der Waals surface area contributed by atoms with Gasteiger partial charge in [-0.25, -0.2) is 0 Å². The largest absolute Gasteiger partial charge is 0.484 e. The Morgan fingerprint density at radius 2 is 2.00 bits per heavy atom. The molecule has 0 fully saturated rings. The van der Waals surface area contributed by atoms with Crippen molar-refractivity contribution in [3.63, 3.8) is 0 Å². The fraction of sp³-hybridized carbons (Fsp3) is 0.444. The highest BCUT2D eigenvalue weighted by Crippen LogP contribution is 2.16. The minimum Gasteiger partial charge on any atom is -0.484 e. The number of carbonyl (C=O) groups excluding carboxylic acids is 2. The van der Waals surface area contributed by atoms with Gasteiger partial charge in [0.15, 0.2) is 12.4 Å². The van der Waals surface area contributed by atoms with E-state index in [0.29, 0.717) is 38.4 Å². The molecule has 138 valence electrons. The Labute approximate surface area is 152 Å². The summed E-state index contributed by atoms with van der Waals surface area (Å²) in [6.45, 7) is 5.52. The third-order valence-corrected chi connectivity index (χ3v) is 4.40. The number of aromatic nitrogens is 3. The van der Waals surface area contributed by atoms with Crippen LogP contribution in [0.15, 0.2) is 24.3 Å². The number of rotatable bonds is 5. The van der Waals surface area contributed by atoms with Crippen LogP contribution in [0.2, 0.25) is 0 Å². The lowest BCUT2D eigenvalue weighted by Crippen LogP contribution is -2.37. The van der Waals surface area contributed by atoms with Crippen LogP contribution in [0.4, 0.5) is 0 Å². The van der Waals surface area contributed by atoms with E-state index in [9.17, 15) is 9.59 Å². The number of fused-ring (bicyclic) bond motifs is 1. The lowest BCUT2D eigenvalue weighted by atomic mass is 10.2. The fourth-order valence-electron chi connectivity index (χ4n) is 2.92. The maximum Gasteiger partial charge on any atom is 0.260 e. The molecule has 0 saturated heterocycles. The number of hydrogen-bond acceptors (Lipinski definition) is 5. The molecule has 1 aliphatic heterocycles. The van der Waals surface area contributed by atoms with Crippen molar-refractivity contribution in [2.24, 2.45) is 0 Å². The van der Waals surface area contributed by atoms with Gasteiger partial charge in [0, 0.05) is 33.0 Å². The number of amides is 2. The molecule has 2 aromatic rings.